The van der Waals surface area contributed by atoms with Crippen molar-refractivity contribution in [2.24, 2.45) is 0 Å². The molecular weight excluding hydrogens is 414 g/mol. The topological polar surface area (TPSA) is 128 Å². The van der Waals surface area contributed by atoms with E-state index in [0.29, 0.717) is 23.2 Å². The van der Waals surface area contributed by atoms with Crippen molar-refractivity contribution in [1.29, 1.82) is 5.26 Å². The number of sulfonamides is 1. The summed E-state index contributed by atoms with van der Waals surface area (Å²) >= 11 is 6.00. The van der Waals surface area contributed by atoms with Crippen LogP contribution < -0.4 is 10.0 Å². The lowest BCUT2D eigenvalue weighted by Gasteiger charge is -2.09. The normalized spacial score (nSPS) is 10.9. The molecule has 29 heavy (non-hydrogen) atoms. The van der Waals surface area contributed by atoms with Crippen LogP contribution in [0.4, 0.5) is 11.4 Å². The monoisotopic (exact) mass is 429 g/mol. The molecule has 0 aliphatic rings. The second kappa shape index (κ2) is 8.34. The Bertz CT molecular complexity index is 1200. The minimum Gasteiger partial charge on any atom is -0.364 e. The highest BCUT2D eigenvalue weighted by molar-refractivity contribution is 7.92. The molecule has 2 aromatic heterocycles. The summed E-state index contributed by atoms with van der Waals surface area (Å²) in [5.41, 5.74) is 3.00. The molecule has 0 aliphatic carbocycles. The van der Waals surface area contributed by atoms with Crippen molar-refractivity contribution in [3.63, 3.8) is 0 Å². The van der Waals surface area contributed by atoms with Crippen molar-refractivity contribution in [2.45, 2.75) is 6.42 Å². The van der Waals surface area contributed by atoms with Crippen molar-refractivity contribution in [2.75, 3.05) is 16.3 Å². The minimum absolute atomic E-state index is 0.247. The maximum absolute atomic E-state index is 12.5. The summed E-state index contributed by atoms with van der Waals surface area (Å²) in [4.78, 5) is 19.7. The largest absolute Gasteiger partial charge is 0.364 e. The van der Waals surface area contributed by atoms with Gasteiger partial charge in [-0.1, -0.05) is 11.6 Å². The average Bonchev–Trinajstić information content (AvgIpc) is 3.09. The summed E-state index contributed by atoms with van der Waals surface area (Å²) in [6.07, 6.45) is 4.55. The van der Waals surface area contributed by atoms with Gasteiger partial charge < -0.3 is 10.3 Å². The predicted octanol–water partition coefficient (Wildman–Crippen LogP) is 3.15. The van der Waals surface area contributed by atoms with E-state index in [0.717, 1.165) is 17.6 Å². The fraction of sp³-hybridized carbons (Fsp3) is 0.105. The molecule has 0 saturated carbocycles. The Labute approximate surface area is 172 Å². The summed E-state index contributed by atoms with van der Waals surface area (Å²) < 4.78 is 25.1. The van der Waals surface area contributed by atoms with E-state index in [1.165, 1.54) is 24.4 Å². The first-order chi connectivity index (χ1) is 13.7. The van der Waals surface area contributed by atoms with Crippen LogP contribution in [0.2, 0.25) is 5.02 Å². The second-order valence-electron chi connectivity index (χ2n) is 6.30. The quantitative estimate of drug-likeness (QED) is 0.554. The van der Waals surface area contributed by atoms with Gasteiger partial charge in [0.1, 0.15) is 6.07 Å². The number of hydrogen-bond acceptors (Lipinski definition) is 5. The molecule has 0 radical (unpaired) electrons. The Morgan fingerprint density at radius 3 is 2.66 bits per heavy atom. The first-order valence-electron chi connectivity index (χ1n) is 8.34. The molecule has 1 amide bonds. The van der Waals surface area contributed by atoms with E-state index in [1.54, 1.807) is 24.4 Å². The zero-order chi connectivity index (χ0) is 21.0. The molecule has 8 nitrogen and oxygen atoms in total. The molecule has 0 bridgehead atoms. The van der Waals surface area contributed by atoms with E-state index in [4.69, 9.17) is 16.9 Å². The van der Waals surface area contributed by atoms with Gasteiger partial charge in [0.05, 0.1) is 23.1 Å². The number of anilines is 2. The van der Waals surface area contributed by atoms with Crippen LogP contribution in [-0.2, 0) is 16.4 Å². The zero-order valence-electron chi connectivity index (χ0n) is 15.2. The van der Waals surface area contributed by atoms with Crippen molar-refractivity contribution >= 4 is 38.9 Å². The van der Waals surface area contributed by atoms with E-state index >= 15 is 0 Å². The molecule has 0 aliphatic heterocycles. The number of halogens is 1. The van der Waals surface area contributed by atoms with E-state index in [2.05, 4.69) is 20.0 Å². The van der Waals surface area contributed by atoms with Crippen molar-refractivity contribution < 1.29 is 13.2 Å². The number of pyridine rings is 1. The fourth-order valence-corrected chi connectivity index (χ4v) is 3.38. The van der Waals surface area contributed by atoms with Crippen molar-refractivity contribution in [3.05, 3.63) is 76.3 Å². The van der Waals surface area contributed by atoms with E-state index < -0.39 is 10.0 Å². The first kappa shape index (κ1) is 20.4. The van der Waals surface area contributed by atoms with Gasteiger partial charge >= 0.3 is 0 Å². The van der Waals surface area contributed by atoms with Gasteiger partial charge in [0.15, 0.2) is 0 Å². The van der Waals surface area contributed by atoms with E-state index in [1.807, 2.05) is 6.07 Å². The van der Waals surface area contributed by atoms with Crippen LogP contribution in [-0.4, -0.2) is 30.5 Å². The molecule has 3 rings (SSSR count). The van der Waals surface area contributed by atoms with Gasteiger partial charge in [-0.15, -0.1) is 0 Å². The molecule has 1 aromatic carbocycles. The van der Waals surface area contributed by atoms with Crippen LogP contribution in [0.15, 0.2) is 48.8 Å². The molecule has 0 spiro atoms. The molecule has 3 N–H and O–H groups in total. The fourth-order valence-electron chi connectivity index (χ4n) is 2.60. The molecule has 0 fully saturated rings. The molecule has 0 atom stereocenters. The molecule has 148 valence electrons. The Kier molecular flexibility index (Phi) is 5.87. The van der Waals surface area contributed by atoms with Gasteiger partial charge in [0, 0.05) is 40.9 Å². The number of aromatic amines is 1. The standard InChI is InChI=1S/C19H16ClN5O3S/c1-29(27,28)25-18-6-14(20)5-17(8-18)24-19(26)13-4-16(23-11-13)7-15-3-2-12(9-21)10-22-15/h2-6,8,10-11,23,25H,7H2,1H3,(H,24,26). The number of nitrogens with one attached hydrogen (secondary N) is 3. The Morgan fingerprint density at radius 2 is 2.00 bits per heavy atom. The number of carbonyl (C=O) groups excluding carboxylic acids is 1. The van der Waals surface area contributed by atoms with Gasteiger partial charge in [-0.05, 0) is 36.4 Å². The van der Waals surface area contributed by atoms with Gasteiger partial charge in [-0.2, -0.15) is 5.26 Å². The third-order valence-corrected chi connectivity index (χ3v) is 4.61. The van der Waals surface area contributed by atoms with Crippen LogP contribution in [0.1, 0.15) is 27.3 Å². The minimum atomic E-state index is -3.47. The summed E-state index contributed by atoms with van der Waals surface area (Å²) in [7, 11) is -3.47. The van der Waals surface area contributed by atoms with Crippen LogP contribution >= 0.6 is 11.6 Å². The van der Waals surface area contributed by atoms with E-state index in [9.17, 15) is 13.2 Å². The predicted molar refractivity (Wildman–Crippen MR) is 110 cm³/mol. The Hall–Kier alpha value is -3.35. The maximum atomic E-state index is 12.5. The number of H-pyrrole nitrogens is 1. The van der Waals surface area contributed by atoms with E-state index in [-0.39, 0.29) is 16.6 Å². The van der Waals surface area contributed by atoms with Crippen molar-refractivity contribution in [1.82, 2.24) is 9.97 Å². The first-order valence-corrected chi connectivity index (χ1v) is 10.6. The maximum Gasteiger partial charge on any atom is 0.257 e. The summed E-state index contributed by atoms with van der Waals surface area (Å²) in [6, 6.07) is 11.6. The number of rotatable bonds is 6. The van der Waals surface area contributed by atoms with Gasteiger partial charge in [0.25, 0.3) is 5.91 Å². The second-order valence-corrected chi connectivity index (χ2v) is 8.48. The lowest BCUT2D eigenvalue weighted by Crippen LogP contribution is -2.13. The summed E-state index contributed by atoms with van der Waals surface area (Å²) in [6.45, 7) is 0. The summed E-state index contributed by atoms with van der Waals surface area (Å²) in [5, 5.41) is 11.8. The lowest BCUT2D eigenvalue weighted by molar-refractivity contribution is 0.102. The highest BCUT2D eigenvalue weighted by Gasteiger charge is 2.12. The zero-order valence-corrected chi connectivity index (χ0v) is 16.8. The Morgan fingerprint density at radius 1 is 1.24 bits per heavy atom. The number of aromatic nitrogens is 2. The Balaban J connectivity index is 1.71. The van der Waals surface area contributed by atoms with Gasteiger partial charge in [0.2, 0.25) is 10.0 Å². The molecule has 10 heteroatoms. The smallest absolute Gasteiger partial charge is 0.257 e. The number of hydrogen-bond donors (Lipinski definition) is 3. The molecular formula is C19H16ClN5O3S. The SMILES string of the molecule is CS(=O)(=O)Nc1cc(Cl)cc(NC(=O)c2c[nH]c(Cc3ccc(C#N)cn3)c2)c1. The van der Waals surface area contributed by atoms with Gasteiger partial charge in [-0.3, -0.25) is 14.5 Å². The number of amides is 1. The average molecular weight is 430 g/mol. The third-order valence-electron chi connectivity index (χ3n) is 3.79. The highest BCUT2D eigenvalue weighted by Crippen LogP contribution is 2.24. The van der Waals surface area contributed by atoms with Crippen LogP contribution in [0.5, 0.6) is 0 Å². The number of carbonyl (C=O) groups is 1. The number of nitriles is 1. The molecule has 0 unspecified atom stereocenters. The van der Waals surface area contributed by atoms with Crippen LogP contribution in [0.3, 0.4) is 0 Å². The molecule has 2 heterocycles. The number of nitrogens with zero attached hydrogens (tertiary/aromatic N) is 2. The van der Waals surface area contributed by atoms with Crippen LogP contribution in [0.25, 0.3) is 0 Å². The van der Waals surface area contributed by atoms with Crippen molar-refractivity contribution in [3.8, 4) is 6.07 Å². The van der Waals surface area contributed by atoms with Gasteiger partial charge in [-0.25, -0.2) is 8.42 Å². The third kappa shape index (κ3) is 5.81. The molecule has 3 aromatic rings. The highest BCUT2D eigenvalue weighted by atomic mass is 35.5. The lowest BCUT2D eigenvalue weighted by atomic mass is 10.2. The van der Waals surface area contributed by atoms with Crippen LogP contribution in [0, 0.1) is 11.3 Å². The molecule has 0 saturated heterocycles. The number of benzene rings is 1. The summed E-state index contributed by atoms with van der Waals surface area (Å²) in [5.74, 6) is -0.382.